The zero-order chi connectivity index (χ0) is 15.5. The molecule has 1 aliphatic rings. The maximum Gasteiger partial charge on any atom is 0.244 e. The maximum absolute atomic E-state index is 12.5. The maximum atomic E-state index is 12.5. The van der Waals surface area contributed by atoms with Crippen LogP contribution in [0, 0.1) is 6.92 Å². The number of aromatic amines is 1. The molecule has 3 N–H and O–H groups in total. The van der Waals surface area contributed by atoms with Crippen molar-refractivity contribution < 1.29 is 13.5 Å². The lowest BCUT2D eigenvalue weighted by molar-refractivity contribution is 0.273. The van der Waals surface area contributed by atoms with Crippen molar-refractivity contribution in [3.05, 3.63) is 11.4 Å². The molecule has 0 aliphatic heterocycles. The standard InChI is InChI=1S/C13H23N3O3S2/c1-10-12(11(8-17)16-15-10)21(18,19)14-9-13(20-2)6-4-3-5-7-13/h14,17H,3-9H2,1-2H3,(H,15,16). The van der Waals surface area contributed by atoms with Gasteiger partial charge in [0.25, 0.3) is 0 Å². The highest BCUT2D eigenvalue weighted by molar-refractivity contribution is 8.00. The average molecular weight is 333 g/mol. The third-order valence-corrected chi connectivity index (χ3v) is 7.18. The fourth-order valence-electron chi connectivity index (χ4n) is 2.88. The number of hydrogen-bond donors (Lipinski definition) is 3. The fraction of sp³-hybridized carbons (Fsp3) is 0.769. The third-order valence-electron chi connectivity index (χ3n) is 4.16. The van der Waals surface area contributed by atoms with Gasteiger partial charge in [0.2, 0.25) is 10.0 Å². The van der Waals surface area contributed by atoms with Gasteiger partial charge in [-0.1, -0.05) is 19.3 Å². The molecule has 21 heavy (non-hydrogen) atoms. The summed E-state index contributed by atoms with van der Waals surface area (Å²) in [6.07, 6.45) is 7.64. The molecule has 6 nitrogen and oxygen atoms in total. The van der Waals surface area contributed by atoms with E-state index in [1.807, 2.05) is 6.26 Å². The van der Waals surface area contributed by atoms with Gasteiger partial charge in [-0.05, 0) is 26.0 Å². The number of nitrogens with zero attached hydrogens (tertiary/aromatic N) is 1. The highest BCUT2D eigenvalue weighted by Gasteiger charge is 2.33. The van der Waals surface area contributed by atoms with E-state index >= 15 is 0 Å². The Morgan fingerprint density at radius 1 is 1.38 bits per heavy atom. The van der Waals surface area contributed by atoms with E-state index in [0.29, 0.717) is 12.2 Å². The molecule has 0 atom stereocenters. The van der Waals surface area contributed by atoms with Gasteiger partial charge in [-0.2, -0.15) is 16.9 Å². The van der Waals surface area contributed by atoms with Gasteiger partial charge in [-0.15, -0.1) is 0 Å². The second-order valence-electron chi connectivity index (χ2n) is 5.55. The van der Waals surface area contributed by atoms with Crippen molar-refractivity contribution in [2.45, 2.75) is 55.3 Å². The number of rotatable bonds is 6. The number of nitrogens with one attached hydrogen (secondary N) is 2. The Bertz CT molecular complexity index is 577. The van der Waals surface area contributed by atoms with Crippen LogP contribution in [0.3, 0.4) is 0 Å². The first-order valence-corrected chi connectivity index (χ1v) is 9.84. The number of aryl methyl sites for hydroxylation is 1. The lowest BCUT2D eigenvalue weighted by Crippen LogP contribution is -2.42. The molecular formula is C13H23N3O3S2. The number of aliphatic hydroxyl groups excluding tert-OH is 1. The summed E-state index contributed by atoms with van der Waals surface area (Å²) < 4.78 is 27.7. The van der Waals surface area contributed by atoms with Crippen LogP contribution in [-0.4, -0.2) is 41.3 Å². The predicted octanol–water partition coefficient (Wildman–Crippen LogP) is 1.55. The Balaban J connectivity index is 2.15. The first kappa shape index (κ1) is 16.8. The minimum absolute atomic E-state index is 0.0116. The van der Waals surface area contributed by atoms with Crippen molar-refractivity contribution in [1.29, 1.82) is 0 Å². The molecular weight excluding hydrogens is 310 g/mol. The van der Waals surface area contributed by atoms with Gasteiger partial charge in [-0.25, -0.2) is 13.1 Å². The monoisotopic (exact) mass is 333 g/mol. The molecule has 1 aromatic rings. The average Bonchev–Trinajstić information content (AvgIpc) is 2.88. The van der Waals surface area contributed by atoms with E-state index < -0.39 is 16.6 Å². The molecule has 1 fully saturated rings. The highest BCUT2D eigenvalue weighted by Crippen LogP contribution is 2.38. The summed E-state index contributed by atoms with van der Waals surface area (Å²) in [7, 11) is -3.66. The van der Waals surface area contributed by atoms with Gasteiger partial charge in [0, 0.05) is 11.3 Å². The first-order chi connectivity index (χ1) is 9.94. The second kappa shape index (κ2) is 6.68. The third kappa shape index (κ3) is 3.61. The summed E-state index contributed by atoms with van der Waals surface area (Å²) in [6.45, 7) is 1.67. The summed E-state index contributed by atoms with van der Waals surface area (Å²) in [5.41, 5.74) is 0.621. The largest absolute Gasteiger partial charge is 0.390 e. The van der Waals surface area contributed by atoms with Crippen LogP contribution in [0.15, 0.2) is 4.90 Å². The van der Waals surface area contributed by atoms with E-state index in [1.165, 1.54) is 6.42 Å². The molecule has 0 bridgehead atoms. The molecule has 2 rings (SSSR count). The van der Waals surface area contributed by atoms with Crippen LogP contribution in [0.25, 0.3) is 0 Å². The predicted molar refractivity (Wildman–Crippen MR) is 83.8 cm³/mol. The smallest absolute Gasteiger partial charge is 0.244 e. The molecule has 1 heterocycles. The van der Waals surface area contributed by atoms with E-state index in [-0.39, 0.29) is 15.3 Å². The normalized spacial score (nSPS) is 18.8. The van der Waals surface area contributed by atoms with E-state index in [2.05, 4.69) is 14.9 Å². The Morgan fingerprint density at radius 3 is 2.62 bits per heavy atom. The van der Waals surface area contributed by atoms with Crippen molar-refractivity contribution in [2.24, 2.45) is 0 Å². The molecule has 120 valence electrons. The number of H-pyrrole nitrogens is 1. The molecule has 0 radical (unpaired) electrons. The molecule has 0 aromatic carbocycles. The molecule has 8 heteroatoms. The van der Waals surface area contributed by atoms with E-state index in [0.717, 1.165) is 25.7 Å². The van der Waals surface area contributed by atoms with Gasteiger partial charge < -0.3 is 5.11 Å². The lowest BCUT2D eigenvalue weighted by Gasteiger charge is -2.35. The second-order valence-corrected chi connectivity index (χ2v) is 8.53. The molecule has 0 saturated heterocycles. The molecule has 1 aliphatic carbocycles. The van der Waals surface area contributed by atoms with E-state index in [4.69, 9.17) is 0 Å². The van der Waals surface area contributed by atoms with Crippen LogP contribution in [0.1, 0.15) is 43.5 Å². The quantitative estimate of drug-likeness (QED) is 0.734. The highest BCUT2D eigenvalue weighted by atomic mass is 32.2. The minimum Gasteiger partial charge on any atom is -0.390 e. The topological polar surface area (TPSA) is 95.1 Å². The van der Waals surface area contributed by atoms with Crippen LogP contribution < -0.4 is 4.72 Å². The van der Waals surface area contributed by atoms with Crippen molar-refractivity contribution >= 4 is 21.8 Å². The molecule has 1 saturated carbocycles. The Hall–Kier alpha value is -0.570. The van der Waals surface area contributed by atoms with Crippen molar-refractivity contribution in [3.63, 3.8) is 0 Å². The summed E-state index contributed by atoms with van der Waals surface area (Å²) in [6, 6.07) is 0. The summed E-state index contributed by atoms with van der Waals surface area (Å²) in [4.78, 5) is 0.0806. The minimum atomic E-state index is -3.66. The molecule has 0 amide bonds. The molecule has 0 spiro atoms. The van der Waals surface area contributed by atoms with E-state index in [9.17, 15) is 13.5 Å². The van der Waals surface area contributed by atoms with Crippen LogP contribution in [-0.2, 0) is 16.6 Å². The van der Waals surface area contributed by atoms with Crippen LogP contribution in [0.2, 0.25) is 0 Å². The van der Waals surface area contributed by atoms with Gasteiger partial charge in [0.1, 0.15) is 10.6 Å². The zero-order valence-corrected chi connectivity index (χ0v) is 14.1. The summed E-state index contributed by atoms with van der Waals surface area (Å²) in [5.74, 6) is 0. The fourth-order valence-corrected chi connectivity index (χ4v) is 5.37. The van der Waals surface area contributed by atoms with Gasteiger partial charge >= 0.3 is 0 Å². The number of hydrogen-bond acceptors (Lipinski definition) is 5. The molecule has 0 unspecified atom stereocenters. The molecule has 1 aromatic heterocycles. The van der Waals surface area contributed by atoms with Crippen LogP contribution in [0.5, 0.6) is 0 Å². The number of aromatic nitrogens is 2. The van der Waals surface area contributed by atoms with Crippen LogP contribution >= 0.6 is 11.8 Å². The van der Waals surface area contributed by atoms with Crippen LogP contribution in [0.4, 0.5) is 0 Å². The summed E-state index contributed by atoms with van der Waals surface area (Å²) in [5, 5.41) is 15.7. The van der Waals surface area contributed by atoms with Crippen molar-refractivity contribution in [1.82, 2.24) is 14.9 Å². The Morgan fingerprint density at radius 2 is 2.05 bits per heavy atom. The lowest BCUT2D eigenvalue weighted by atomic mass is 9.88. The van der Waals surface area contributed by atoms with Gasteiger partial charge in [0.15, 0.2) is 0 Å². The van der Waals surface area contributed by atoms with Crippen molar-refractivity contribution in [2.75, 3.05) is 12.8 Å². The first-order valence-electron chi connectivity index (χ1n) is 7.14. The van der Waals surface area contributed by atoms with Gasteiger partial charge in [-0.3, -0.25) is 5.10 Å². The zero-order valence-electron chi connectivity index (χ0n) is 12.5. The van der Waals surface area contributed by atoms with Gasteiger partial charge in [0.05, 0.1) is 12.3 Å². The number of sulfonamides is 1. The Labute approximate surface area is 130 Å². The number of thioether (sulfide) groups is 1. The van der Waals surface area contributed by atoms with Crippen molar-refractivity contribution in [3.8, 4) is 0 Å². The Kier molecular flexibility index (Phi) is 5.34. The van der Waals surface area contributed by atoms with E-state index in [1.54, 1.807) is 18.7 Å². The number of aliphatic hydroxyl groups is 1. The SMILES string of the molecule is CSC1(CNS(=O)(=O)c2c(CO)n[nH]c2C)CCCCC1. The summed E-state index contributed by atoms with van der Waals surface area (Å²) >= 11 is 1.75.